The van der Waals surface area contributed by atoms with Crippen LogP contribution in [0, 0.1) is 5.41 Å². The van der Waals surface area contributed by atoms with Crippen molar-refractivity contribution < 1.29 is 19.1 Å². The van der Waals surface area contributed by atoms with Gasteiger partial charge in [-0.15, -0.1) is 0 Å². The molecule has 0 saturated carbocycles. The molecule has 7 nitrogen and oxygen atoms in total. The third-order valence-electron chi connectivity index (χ3n) is 4.64. The van der Waals surface area contributed by atoms with E-state index in [-0.39, 0.29) is 17.9 Å². The van der Waals surface area contributed by atoms with Gasteiger partial charge >= 0.3 is 0 Å². The van der Waals surface area contributed by atoms with Gasteiger partial charge in [0.1, 0.15) is 18.5 Å². The molecule has 2 heterocycles. The number of fused-ring (bicyclic) bond motifs is 1. The van der Waals surface area contributed by atoms with E-state index in [2.05, 4.69) is 5.32 Å². The number of nitrogens with two attached hydrogens (primary N) is 1. The minimum atomic E-state index is -0.497. The van der Waals surface area contributed by atoms with Crippen molar-refractivity contribution in [3.8, 4) is 5.75 Å². The molecular formula is C19H27N3O4. The largest absolute Gasteiger partial charge is 0.490 e. The van der Waals surface area contributed by atoms with E-state index in [0.29, 0.717) is 43.2 Å². The first kappa shape index (κ1) is 18.7. The average Bonchev–Trinajstić information content (AvgIpc) is 3.09. The third-order valence-corrected chi connectivity index (χ3v) is 4.64. The number of nitrogens with zero attached hydrogens (tertiary/aromatic N) is 1. The van der Waals surface area contributed by atoms with Gasteiger partial charge in [-0.2, -0.15) is 0 Å². The lowest BCUT2D eigenvalue weighted by atomic mass is 9.94. The highest BCUT2D eigenvalue weighted by atomic mass is 16.5. The Bertz CT molecular complexity index is 699. The molecule has 0 aliphatic carbocycles. The third kappa shape index (κ3) is 3.83. The first-order valence-corrected chi connectivity index (χ1v) is 9.05. The zero-order valence-corrected chi connectivity index (χ0v) is 15.6. The summed E-state index contributed by atoms with van der Waals surface area (Å²) in [5.74, 6) is 0.480. The molecule has 2 atom stereocenters. The molecule has 2 amide bonds. The zero-order valence-electron chi connectivity index (χ0n) is 15.6. The number of anilines is 2. The van der Waals surface area contributed by atoms with E-state index in [9.17, 15) is 9.59 Å². The van der Waals surface area contributed by atoms with Gasteiger partial charge in [0, 0.05) is 17.6 Å². The molecule has 26 heavy (non-hydrogen) atoms. The molecule has 0 aromatic heterocycles. The van der Waals surface area contributed by atoms with Crippen LogP contribution >= 0.6 is 0 Å². The number of hydrogen-bond acceptors (Lipinski definition) is 5. The van der Waals surface area contributed by atoms with Gasteiger partial charge in [0.05, 0.1) is 18.3 Å². The summed E-state index contributed by atoms with van der Waals surface area (Å²) in [4.78, 5) is 26.9. The summed E-state index contributed by atoms with van der Waals surface area (Å²) < 4.78 is 11.3. The van der Waals surface area contributed by atoms with Crippen molar-refractivity contribution in [2.45, 2.75) is 45.8 Å². The number of rotatable bonds is 3. The van der Waals surface area contributed by atoms with Crippen LogP contribution in [0.4, 0.5) is 11.4 Å². The summed E-state index contributed by atoms with van der Waals surface area (Å²) in [5.41, 5.74) is 6.40. The van der Waals surface area contributed by atoms with Gasteiger partial charge in [0.2, 0.25) is 5.91 Å². The maximum absolute atomic E-state index is 12.7. The Morgan fingerprint density at radius 1 is 1.31 bits per heavy atom. The second kappa shape index (κ2) is 7.25. The van der Waals surface area contributed by atoms with E-state index >= 15 is 0 Å². The molecule has 142 valence electrons. The summed E-state index contributed by atoms with van der Waals surface area (Å²) in [6, 6.07) is 5.34. The van der Waals surface area contributed by atoms with Crippen LogP contribution in [0.2, 0.25) is 0 Å². The molecule has 0 unspecified atom stereocenters. The highest BCUT2D eigenvalue weighted by Gasteiger charge is 2.33. The molecule has 1 saturated heterocycles. The van der Waals surface area contributed by atoms with Crippen molar-refractivity contribution >= 4 is 23.2 Å². The van der Waals surface area contributed by atoms with Gasteiger partial charge in [-0.05, 0) is 31.0 Å². The molecule has 2 aliphatic heterocycles. The molecule has 2 aliphatic rings. The number of carbonyl (C=O) groups excluding carboxylic acids is 2. The molecule has 1 aromatic carbocycles. The van der Waals surface area contributed by atoms with Crippen LogP contribution in [-0.2, 0) is 14.3 Å². The van der Waals surface area contributed by atoms with Crippen LogP contribution < -0.4 is 20.7 Å². The van der Waals surface area contributed by atoms with Crippen molar-refractivity contribution in [3.63, 3.8) is 0 Å². The Morgan fingerprint density at radius 2 is 2.08 bits per heavy atom. The molecular weight excluding hydrogens is 334 g/mol. The summed E-state index contributed by atoms with van der Waals surface area (Å²) in [7, 11) is 0. The molecule has 0 bridgehead atoms. The first-order valence-electron chi connectivity index (χ1n) is 9.05. The maximum atomic E-state index is 12.7. The quantitative estimate of drug-likeness (QED) is 0.858. The topological polar surface area (TPSA) is 93.9 Å². The van der Waals surface area contributed by atoms with Gasteiger partial charge in [0.15, 0.2) is 0 Å². The molecule has 1 fully saturated rings. The zero-order chi connectivity index (χ0) is 18.9. The SMILES string of the molecule is CC(C)(C)C(=O)N1CCOc2ccc(NC(=O)[C@@H]3CC[C@H](CN)O3)cc21. The number of hydrogen-bond donors (Lipinski definition) is 2. The number of amides is 2. The maximum Gasteiger partial charge on any atom is 0.253 e. The van der Waals surface area contributed by atoms with E-state index < -0.39 is 11.5 Å². The van der Waals surface area contributed by atoms with Crippen molar-refractivity contribution in [3.05, 3.63) is 18.2 Å². The van der Waals surface area contributed by atoms with Crippen LogP contribution in [0.5, 0.6) is 5.75 Å². The molecule has 0 radical (unpaired) electrons. The Labute approximate surface area is 153 Å². The normalized spacial score (nSPS) is 22.5. The van der Waals surface area contributed by atoms with Crippen molar-refractivity contribution in [1.82, 2.24) is 0 Å². The summed E-state index contributed by atoms with van der Waals surface area (Å²) in [5, 5.41) is 2.88. The van der Waals surface area contributed by atoms with Crippen molar-refractivity contribution in [2.75, 3.05) is 29.9 Å². The smallest absolute Gasteiger partial charge is 0.253 e. The molecule has 0 spiro atoms. The van der Waals surface area contributed by atoms with E-state index in [4.69, 9.17) is 15.2 Å². The number of ether oxygens (including phenoxy) is 2. The van der Waals surface area contributed by atoms with E-state index in [1.165, 1.54) is 0 Å². The predicted octanol–water partition coefficient (Wildman–Crippen LogP) is 1.90. The standard InChI is InChI=1S/C19H27N3O4/c1-19(2,3)18(24)22-8-9-25-15-6-4-12(10-14(15)22)21-17(23)16-7-5-13(11-20)26-16/h4,6,10,13,16H,5,7-9,11,20H2,1-3H3,(H,21,23)/t13-,16+/m1/s1. The molecule has 3 N–H and O–H groups in total. The first-order chi connectivity index (χ1) is 12.3. The second-order valence-corrected chi connectivity index (χ2v) is 7.79. The minimum Gasteiger partial charge on any atom is -0.490 e. The summed E-state index contributed by atoms with van der Waals surface area (Å²) in [6.07, 6.45) is 0.919. The monoisotopic (exact) mass is 361 g/mol. The van der Waals surface area contributed by atoms with E-state index in [1.807, 2.05) is 20.8 Å². The Kier molecular flexibility index (Phi) is 5.20. The lowest BCUT2D eigenvalue weighted by Crippen LogP contribution is -2.44. The van der Waals surface area contributed by atoms with Gasteiger partial charge in [-0.1, -0.05) is 20.8 Å². The number of nitrogens with one attached hydrogen (secondary N) is 1. The van der Waals surface area contributed by atoms with E-state index in [1.54, 1.807) is 23.1 Å². The van der Waals surface area contributed by atoms with Crippen LogP contribution in [0.25, 0.3) is 0 Å². The highest BCUT2D eigenvalue weighted by molar-refractivity contribution is 6.00. The number of benzene rings is 1. The minimum absolute atomic E-state index is 0.0236. The Hall–Kier alpha value is -2.12. The second-order valence-electron chi connectivity index (χ2n) is 7.79. The molecule has 3 rings (SSSR count). The van der Waals surface area contributed by atoms with Crippen molar-refractivity contribution in [1.29, 1.82) is 0 Å². The van der Waals surface area contributed by atoms with E-state index in [0.717, 1.165) is 6.42 Å². The fourth-order valence-electron chi connectivity index (χ4n) is 3.21. The van der Waals surface area contributed by atoms with Crippen LogP contribution in [0.3, 0.4) is 0 Å². The van der Waals surface area contributed by atoms with Crippen LogP contribution in [-0.4, -0.2) is 43.7 Å². The van der Waals surface area contributed by atoms with Crippen molar-refractivity contribution in [2.24, 2.45) is 11.1 Å². The Balaban J connectivity index is 1.77. The van der Waals surface area contributed by atoms with Gasteiger partial charge in [0.25, 0.3) is 5.91 Å². The molecule has 1 aromatic rings. The van der Waals surface area contributed by atoms with Gasteiger partial charge in [-0.3, -0.25) is 9.59 Å². The Morgan fingerprint density at radius 3 is 2.73 bits per heavy atom. The lowest BCUT2D eigenvalue weighted by molar-refractivity contribution is -0.126. The summed E-state index contributed by atoms with van der Waals surface area (Å²) in [6.45, 7) is 7.04. The van der Waals surface area contributed by atoms with Crippen LogP contribution in [0.15, 0.2) is 18.2 Å². The van der Waals surface area contributed by atoms with Gasteiger partial charge < -0.3 is 25.4 Å². The highest BCUT2D eigenvalue weighted by Crippen LogP contribution is 2.36. The van der Waals surface area contributed by atoms with Crippen LogP contribution in [0.1, 0.15) is 33.6 Å². The fraction of sp³-hybridized carbons (Fsp3) is 0.579. The summed E-state index contributed by atoms with van der Waals surface area (Å²) >= 11 is 0. The predicted molar refractivity (Wildman–Crippen MR) is 99.3 cm³/mol. The lowest BCUT2D eigenvalue weighted by Gasteiger charge is -2.34. The average molecular weight is 361 g/mol. The fourth-order valence-corrected chi connectivity index (χ4v) is 3.21. The van der Waals surface area contributed by atoms with Gasteiger partial charge in [-0.25, -0.2) is 0 Å². The number of carbonyl (C=O) groups is 2. The molecule has 7 heteroatoms.